The van der Waals surface area contributed by atoms with Crippen LogP contribution in [0.4, 0.5) is 17.1 Å². The Bertz CT molecular complexity index is 2550. The quantitative estimate of drug-likeness (QED) is 0.0971. The third-order valence-corrected chi connectivity index (χ3v) is 18.0. The molecular formula is C51H56N4O9Si. The van der Waals surface area contributed by atoms with Crippen LogP contribution in [0.25, 0.3) is 0 Å². The maximum absolute atomic E-state index is 15.6. The molecule has 13 nitrogen and oxygen atoms in total. The smallest absolute Gasteiger partial charge is 0.264 e. The van der Waals surface area contributed by atoms with Gasteiger partial charge in [-0.3, -0.25) is 19.2 Å². The zero-order valence-corrected chi connectivity index (χ0v) is 38.6. The summed E-state index contributed by atoms with van der Waals surface area (Å²) in [5, 5.41) is 17.3. The lowest BCUT2D eigenvalue weighted by atomic mass is 9.82. The summed E-state index contributed by atoms with van der Waals surface area (Å²) in [6.45, 7) is 7.22. The average molecular weight is 897 g/mol. The van der Waals surface area contributed by atoms with Gasteiger partial charge in [0.2, 0.25) is 5.91 Å². The van der Waals surface area contributed by atoms with Gasteiger partial charge in [-0.25, -0.2) is 0 Å². The number of amides is 4. The molecule has 3 N–H and O–H groups in total. The third kappa shape index (κ3) is 8.61. The fraction of sp³-hybridized carbons (Fsp3) is 0.333. The highest BCUT2D eigenvalue weighted by atomic mass is 28.3. The molecule has 0 aromatic heterocycles. The summed E-state index contributed by atoms with van der Waals surface area (Å²) < 4.78 is 23.3. The van der Waals surface area contributed by atoms with E-state index in [0.717, 1.165) is 29.3 Å². The van der Waals surface area contributed by atoms with Crippen molar-refractivity contribution in [2.45, 2.75) is 69.1 Å². The zero-order valence-electron chi connectivity index (χ0n) is 37.6. The third-order valence-electron chi connectivity index (χ3n) is 13.6. The summed E-state index contributed by atoms with van der Waals surface area (Å²) >= 11 is 0. The monoisotopic (exact) mass is 896 g/mol. The van der Waals surface area contributed by atoms with Crippen LogP contribution in [0.1, 0.15) is 58.0 Å². The van der Waals surface area contributed by atoms with Crippen molar-refractivity contribution in [1.82, 2.24) is 4.90 Å². The van der Waals surface area contributed by atoms with Crippen LogP contribution in [0.2, 0.25) is 18.6 Å². The molecule has 2 saturated heterocycles. The van der Waals surface area contributed by atoms with Crippen molar-refractivity contribution in [2.75, 3.05) is 50.0 Å². The van der Waals surface area contributed by atoms with Gasteiger partial charge in [0, 0.05) is 40.5 Å². The van der Waals surface area contributed by atoms with E-state index in [0.29, 0.717) is 51.8 Å². The van der Waals surface area contributed by atoms with Crippen LogP contribution in [0.15, 0.2) is 115 Å². The molecule has 0 saturated carbocycles. The Morgan fingerprint density at radius 3 is 1.86 bits per heavy atom. The highest BCUT2D eigenvalue weighted by molar-refractivity contribution is 6.91. The minimum absolute atomic E-state index is 0.0417. The Labute approximate surface area is 380 Å². The lowest BCUT2D eigenvalue weighted by Crippen LogP contribution is -2.52. The van der Waals surface area contributed by atoms with E-state index >= 15 is 4.79 Å². The summed E-state index contributed by atoms with van der Waals surface area (Å²) in [7, 11) is 2.15. The Balaban J connectivity index is 1.16. The maximum Gasteiger partial charge on any atom is 0.264 e. The molecule has 338 valence electrons. The number of aliphatic hydroxyl groups excluding tert-OH is 1. The summed E-state index contributed by atoms with van der Waals surface area (Å²) in [6.07, 6.45) is 0.926. The summed E-state index contributed by atoms with van der Waals surface area (Å²) in [4.78, 5) is 60.1. The summed E-state index contributed by atoms with van der Waals surface area (Å²) in [5.74, 6) is 0.615. The molecule has 2 fully saturated rings. The van der Waals surface area contributed by atoms with Gasteiger partial charge in [0.05, 0.1) is 66.8 Å². The van der Waals surface area contributed by atoms with E-state index < -0.39 is 25.7 Å². The number of hydrogen-bond donors (Lipinski definition) is 3. The first-order valence-corrected chi connectivity index (χ1v) is 25.1. The van der Waals surface area contributed by atoms with Gasteiger partial charge in [-0.05, 0) is 115 Å². The fourth-order valence-electron chi connectivity index (χ4n) is 10.2. The van der Waals surface area contributed by atoms with Gasteiger partial charge in [0.25, 0.3) is 17.7 Å². The first-order chi connectivity index (χ1) is 31.3. The summed E-state index contributed by atoms with van der Waals surface area (Å²) in [6, 6.07) is 34.3. The second-order valence-electron chi connectivity index (χ2n) is 17.6. The number of carbonyl (C=O) groups is 4. The van der Waals surface area contributed by atoms with Crippen LogP contribution in [-0.2, 0) is 26.5 Å². The van der Waals surface area contributed by atoms with E-state index in [4.69, 9.17) is 18.9 Å². The van der Waals surface area contributed by atoms with Crippen LogP contribution in [0.5, 0.6) is 17.2 Å². The molecule has 4 amide bonds. The largest absolute Gasteiger partial charge is 0.497 e. The van der Waals surface area contributed by atoms with Gasteiger partial charge < -0.3 is 44.5 Å². The molecule has 5 aromatic rings. The van der Waals surface area contributed by atoms with Crippen molar-refractivity contribution in [3.05, 3.63) is 138 Å². The minimum atomic E-state index is -2.61. The van der Waals surface area contributed by atoms with Crippen LogP contribution >= 0.6 is 0 Å². The van der Waals surface area contributed by atoms with E-state index in [1.165, 1.54) is 0 Å². The molecule has 14 heteroatoms. The topological polar surface area (TPSA) is 156 Å². The number of rotatable bonds is 14. The van der Waals surface area contributed by atoms with Gasteiger partial charge in [-0.15, -0.1) is 0 Å². The number of anilines is 3. The van der Waals surface area contributed by atoms with E-state index in [-0.39, 0.29) is 54.8 Å². The number of nitrogens with one attached hydrogen (secondary N) is 2. The van der Waals surface area contributed by atoms with Gasteiger partial charge >= 0.3 is 0 Å². The molecule has 0 bridgehead atoms. The standard InChI is InChI=1S/C51H56N4O9Si/c1-32-47(65(5,6)42-24-22-41(63-4)23-25-42)45(29-46(57)54-27-7-8-38(54)31-56)64-51(32)43-28-37(53-49(59)35-13-20-40(62-3)21-14-35)17-26-44(43)55(50(51)60)30-33-9-15-36(16-10-33)52-48(58)34-11-18-39(61-2)19-12-34/h9-26,28,32,38,45,47,56H,7-8,27,29-31H2,1-6H3,(H,52,58)(H,53,59)/t32-,38-,45+,47-,51+/m0/s1. The van der Waals surface area contributed by atoms with Crippen molar-refractivity contribution in [3.8, 4) is 17.2 Å². The zero-order chi connectivity index (χ0) is 46.0. The Kier molecular flexibility index (Phi) is 12.9. The van der Waals surface area contributed by atoms with Crippen molar-refractivity contribution >= 4 is 54.0 Å². The molecule has 0 aliphatic carbocycles. The lowest BCUT2D eigenvalue weighted by molar-refractivity contribution is -0.150. The van der Waals surface area contributed by atoms with Crippen LogP contribution < -0.4 is 34.9 Å². The van der Waals surface area contributed by atoms with Crippen LogP contribution in [-0.4, -0.2) is 88.3 Å². The molecule has 5 aromatic carbocycles. The number of benzene rings is 5. The van der Waals surface area contributed by atoms with Crippen molar-refractivity contribution in [1.29, 1.82) is 0 Å². The number of methoxy groups -OCH3 is 3. The predicted octanol–water partition coefficient (Wildman–Crippen LogP) is 7.35. The van der Waals surface area contributed by atoms with Gasteiger partial charge in [-0.1, -0.05) is 49.5 Å². The van der Waals surface area contributed by atoms with Gasteiger partial charge in [0.1, 0.15) is 17.2 Å². The number of nitrogens with zero attached hydrogens (tertiary/aromatic N) is 2. The van der Waals surface area contributed by atoms with Crippen molar-refractivity contribution in [2.24, 2.45) is 5.92 Å². The first kappa shape index (κ1) is 45.1. The number of aliphatic hydroxyl groups is 1. The number of ether oxygens (including phenoxy) is 4. The highest BCUT2D eigenvalue weighted by Crippen LogP contribution is 2.60. The molecule has 5 atom stereocenters. The highest BCUT2D eigenvalue weighted by Gasteiger charge is 2.66. The van der Waals surface area contributed by atoms with Crippen LogP contribution in [0, 0.1) is 5.92 Å². The number of carbonyl (C=O) groups excluding carboxylic acids is 4. The normalized spacial score (nSPS) is 21.3. The van der Waals surface area contributed by atoms with E-state index in [1.54, 1.807) is 97.9 Å². The first-order valence-electron chi connectivity index (χ1n) is 22.0. The van der Waals surface area contributed by atoms with Crippen LogP contribution in [0.3, 0.4) is 0 Å². The minimum Gasteiger partial charge on any atom is -0.497 e. The van der Waals surface area contributed by atoms with Gasteiger partial charge in [0.15, 0.2) is 5.60 Å². The molecule has 0 radical (unpaired) electrons. The predicted molar refractivity (Wildman–Crippen MR) is 252 cm³/mol. The van der Waals surface area contributed by atoms with Crippen molar-refractivity contribution < 1.29 is 43.2 Å². The summed E-state index contributed by atoms with van der Waals surface area (Å²) in [5.41, 5.74) is 2.30. The Hall–Kier alpha value is -6.48. The Morgan fingerprint density at radius 2 is 1.31 bits per heavy atom. The molecule has 3 aliphatic rings. The van der Waals surface area contributed by atoms with Crippen molar-refractivity contribution in [3.63, 3.8) is 0 Å². The number of hydrogen-bond acceptors (Lipinski definition) is 9. The SMILES string of the molecule is COc1ccc(C(=O)Nc2ccc(CN3C(=O)[C@]4(O[C@H](CC(=O)N5CCC[C@H]5CO)[C@@H]([Si](C)(C)c5ccc(OC)cc5)[C@@H]4C)c4cc(NC(=O)c5ccc(OC)cc5)ccc43)cc2)cc1. The van der Waals surface area contributed by atoms with Gasteiger partial charge in [-0.2, -0.15) is 0 Å². The van der Waals surface area contributed by atoms with E-state index in [2.05, 4.69) is 42.8 Å². The number of fused-ring (bicyclic) bond motifs is 2. The maximum atomic E-state index is 15.6. The van der Waals surface area contributed by atoms with E-state index in [9.17, 15) is 19.5 Å². The molecule has 65 heavy (non-hydrogen) atoms. The molecule has 0 unspecified atom stereocenters. The average Bonchev–Trinajstić information content (AvgIpc) is 3.99. The Morgan fingerprint density at radius 1 is 0.769 bits per heavy atom. The molecule has 1 spiro atoms. The van der Waals surface area contributed by atoms with E-state index in [1.807, 2.05) is 36.4 Å². The molecule has 8 rings (SSSR count). The second kappa shape index (κ2) is 18.6. The fourth-order valence-corrected chi connectivity index (χ4v) is 14.2. The molecule has 3 aliphatic heterocycles. The number of likely N-dealkylation sites (tertiary alicyclic amines) is 1. The lowest BCUT2D eigenvalue weighted by Gasteiger charge is -2.37. The molecular weight excluding hydrogens is 841 g/mol. The second-order valence-corrected chi connectivity index (χ2v) is 22.3. The molecule has 3 heterocycles.